The molecule has 3 N–H and O–H groups in total. The number of hydrogen-bond donors (Lipinski definition) is 2. The Hall–Kier alpha value is -1.32. The van der Waals surface area contributed by atoms with Crippen LogP contribution in [0, 0.1) is 0 Å². The van der Waals surface area contributed by atoms with Crippen LogP contribution in [0.5, 0.6) is 0 Å². The highest BCUT2D eigenvalue weighted by Crippen LogP contribution is 1.98. The molecular formula is C7H14N4. The molecule has 0 atom stereocenters. The van der Waals surface area contributed by atoms with Crippen LogP contribution in [0.25, 0.3) is 0 Å². The summed E-state index contributed by atoms with van der Waals surface area (Å²) < 4.78 is 0. The van der Waals surface area contributed by atoms with E-state index in [-0.39, 0.29) is 0 Å². The van der Waals surface area contributed by atoms with E-state index in [2.05, 4.69) is 22.0 Å². The van der Waals surface area contributed by atoms with Gasteiger partial charge in [0, 0.05) is 7.05 Å². The van der Waals surface area contributed by atoms with E-state index in [1.807, 2.05) is 13.8 Å². The maximum atomic E-state index is 5.40. The van der Waals surface area contributed by atoms with Crippen LogP contribution in [-0.4, -0.2) is 19.7 Å². The monoisotopic (exact) mass is 154 g/mol. The second-order valence-electron chi connectivity index (χ2n) is 2.24. The van der Waals surface area contributed by atoms with Gasteiger partial charge in [0.15, 0.2) is 5.96 Å². The van der Waals surface area contributed by atoms with E-state index in [1.54, 1.807) is 7.05 Å². The average Bonchev–Trinajstić information content (AvgIpc) is 1.99. The van der Waals surface area contributed by atoms with Gasteiger partial charge in [0.25, 0.3) is 0 Å². The molecule has 0 spiro atoms. The fourth-order valence-electron chi connectivity index (χ4n) is 0.500. The maximum absolute atomic E-state index is 5.40. The molecule has 4 nitrogen and oxygen atoms in total. The Balaban J connectivity index is 4.35. The first kappa shape index (κ1) is 9.68. The third kappa shape index (κ3) is 3.40. The van der Waals surface area contributed by atoms with Gasteiger partial charge >= 0.3 is 0 Å². The van der Waals surface area contributed by atoms with Crippen LogP contribution >= 0.6 is 0 Å². The summed E-state index contributed by atoms with van der Waals surface area (Å²) in [6.45, 7) is 7.22. The molecule has 0 amide bonds. The van der Waals surface area contributed by atoms with Crippen molar-refractivity contribution >= 4 is 12.7 Å². The van der Waals surface area contributed by atoms with Gasteiger partial charge in [0.05, 0.1) is 0 Å². The smallest absolute Gasteiger partial charge is 0.194 e. The van der Waals surface area contributed by atoms with E-state index in [1.165, 1.54) is 0 Å². The van der Waals surface area contributed by atoms with Crippen LogP contribution in [0.2, 0.25) is 0 Å². The quantitative estimate of drug-likeness (QED) is 0.448. The summed E-state index contributed by atoms with van der Waals surface area (Å²) in [7, 11) is 1.61. The van der Waals surface area contributed by atoms with Crippen molar-refractivity contribution in [3.8, 4) is 0 Å². The van der Waals surface area contributed by atoms with Gasteiger partial charge in [-0.1, -0.05) is 0 Å². The predicted molar refractivity (Wildman–Crippen MR) is 48.6 cm³/mol. The highest BCUT2D eigenvalue weighted by molar-refractivity contribution is 5.79. The van der Waals surface area contributed by atoms with Gasteiger partial charge in [-0.15, -0.1) is 0 Å². The van der Waals surface area contributed by atoms with E-state index < -0.39 is 0 Å². The molecule has 0 rings (SSSR count). The molecule has 4 heteroatoms. The molecule has 11 heavy (non-hydrogen) atoms. The second kappa shape index (κ2) is 4.49. The first-order valence-electron chi connectivity index (χ1n) is 3.25. The first-order valence-corrected chi connectivity index (χ1v) is 3.25. The van der Waals surface area contributed by atoms with Crippen LogP contribution < -0.4 is 11.1 Å². The molecule has 0 radical (unpaired) electrons. The number of allylic oxidation sites excluding steroid dienone is 1. The number of nitrogens with zero attached hydrogens (tertiary/aromatic N) is 2. The van der Waals surface area contributed by atoms with Crippen LogP contribution in [-0.2, 0) is 0 Å². The molecule has 0 aromatic rings. The van der Waals surface area contributed by atoms with Crippen molar-refractivity contribution < 1.29 is 0 Å². The fourth-order valence-corrected chi connectivity index (χ4v) is 0.500. The molecule has 0 aliphatic heterocycles. The molecule has 0 unspecified atom stereocenters. The Kier molecular flexibility index (Phi) is 3.95. The van der Waals surface area contributed by atoms with Crippen molar-refractivity contribution in [1.82, 2.24) is 5.32 Å². The summed E-state index contributed by atoms with van der Waals surface area (Å²) in [6, 6.07) is 0. The zero-order valence-electron chi connectivity index (χ0n) is 7.18. The Morgan fingerprint density at radius 1 is 1.45 bits per heavy atom. The molecule has 0 saturated heterocycles. The van der Waals surface area contributed by atoms with Gasteiger partial charge in [0.2, 0.25) is 0 Å². The van der Waals surface area contributed by atoms with E-state index in [9.17, 15) is 0 Å². The summed E-state index contributed by atoms with van der Waals surface area (Å²) in [6.07, 6.45) is 0. The van der Waals surface area contributed by atoms with Crippen molar-refractivity contribution in [2.45, 2.75) is 13.8 Å². The minimum atomic E-state index is 0.341. The standard InChI is InChI=1S/C7H14N4/c1-5(2)6(9-3)11-7(8)10-4/h3H2,1-2,4H3,(H3,8,10,11). The molecule has 0 bridgehead atoms. The summed E-state index contributed by atoms with van der Waals surface area (Å²) >= 11 is 0. The highest BCUT2D eigenvalue weighted by Gasteiger charge is 1.95. The van der Waals surface area contributed by atoms with Crippen molar-refractivity contribution in [1.29, 1.82) is 0 Å². The number of guanidine groups is 1. The molecule has 62 valence electrons. The fraction of sp³-hybridized carbons (Fsp3) is 0.429. The van der Waals surface area contributed by atoms with Crippen LogP contribution in [0.15, 0.2) is 21.4 Å². The second-order valence-corrected chi connectivity index (χ2v) is 2.24. The van der Waals surface area contributed by atoms with Gasteiger partial charge in [-0.2, -0.15) is 0 Å². The van der Waals surface area contributed by atoms with Gasteiger partial charge < -0.3 is 11.1 Å². The normalized spacial score (nSPS) is 10.6. The number of nitrogens with one attached hydrogen (secondary N) is 1. The van der Waals surface area contributed by atoms with Crippen LogP contribution in [0.1, 0.15) is 13.8 Å². The van der Waals surface area contributed by atoms with Gasteiger partial charge in [-0.3, -0.25) is 4.99 Å². The van der Waals surface area contributed by atoms with Crippen molar-refractivity contribution in [2.24, 2.45) is 15.7 Å². The first-order chi connectivity index (χ1) is 5.11. The number of aliphatic imine (C=N–C) groups is 2. The predicted octanol–water partition coefficient (Wildman–Crippen LogP) is 0.472. The van der Waals surface area contributed by atoms with Crippen molar-refractivity contribution in [3.63, 3.8) is 0 Å². The zero-order valence-corrected chi connectivity index (χ0v) is 7.18. The maximum Gasteiger partial charge on any atom is 0.194 e. The lowest BCUT2D eigenvalue weighted by molar-refractivity contribution is 1.01. The van der Waals surface area contributed by atoms with E-state index in [0.717, 1.165) is 5.57 Å². The molecule has 0 saturated carbocycles. The molecular weight excluding hydrogens is 140 g/mol. The largest absolute Gasteiger partial charge is 0.370 e. The minimum absolute atomic E-state index is 0.341. The van der Waals surface area contributed by atoms with E-state index >= 15 is 0 Å². The summed E-state index contributed by atoms with van der Waals surface area (Å²) in [5.74, 6) is 1.00. The summed E-state index contributed by atoms with van der Waals surface area (Å²) in [4.78, 5) is 7.45. The lowest BCUT2D eigenvalue weighted by Crippen LogP contribution is -2.30. The topological polar surface area (TPSA) is 62.8 Å². The Bertz CT molecular complexity index is 198. The minimum Gasteiger partial charge on any atom is -0.370 e. The number of hydrogen-bond acceptors (Lipinski definition) is 2. The average molecular weight is 154 g/mol. The molecule has 0 aliphatic carbocycles. The zero-order chi connectivity index (χ0) is 8.85. The molecule has 0 aromatic heterocycles. The van der Waals surface area contributed by atoms with Gasteiger partial charge in [0.1, 0.15) is 5.82 Å². The summed E-state index contributed by atoms with van der Waals surface area (Å²) in [5.41, 5.74) is 6.42. The van der Waals surface area contributed by atoms with Gasteiger partial charge in [-0.25, -0.2) is 4.99 Å². The van der Waals surface area contributed by atoms with Crippen LogP contribution in [0.4, 0.5) is 0 Å². The lowest BCUT2D eigenvalue weighted by atomic mass is 10.3. The third-order valence-corrected chi connectivity index (χ3v) is 1.12. The van der Waals surface area contributed by atoms with E-state index in [4.69, 9.17) is 5.73 Å². The lowest BCUT2D eigenvalue weighted by Gasteiger charge is -2.05. The third-order valence-electron chi connectivity index (χ3n) is 1.12. The Morgan fingerprint density at radius 3 is 2.27 bits per heavy atom. The Labute approximate surface area is 66.9 Å². The SMILES string of the molecule is C=NC(NC(N)=NC)=C(C)C. The summed E-state index contributed by atoms with van der Waals surface area (Å²) in [5, 5.41) is 2.79. The van der Waals surface area contributed by atoms with Crippen molar-refractivity contribution in [3.05, 3.63) is 11.4 Å². The molecule has 0 heterocycles. The number of rotatable bonds is 2. The van der Waals surface area contributed by atoms with Crippen molar-refractivity contribution in [2.75, 3.05) is 7.05 Å². The molecule has 0 aromatic carbocycles. The highest BCUT2D eigenvalue weighted by atomic mass is 15.1. The molecule has 0 aliphatic rings. The van der Waals surface area contributed by atoms with Crippen LogP contribution in [0.3, 0.4) is 0 Å². The van der Waals surface area contributed by atoms with Gasteiger partial charge in [-0.05, 0) is 26.1 Å². The Morgan fingerprint density at radius 2 is 2.00 bits per heavy atom. The number of nitrogens with two attached hydrogens (primary N) is 1. The molecule has 0 fully saturated rings. The van der Waals surface area contributed by atoms with E-state index in [0.29, 0.717) is 11.8 Å².